The number of sulfone groups is 1. The molecule has 0 fully saturated rings. The lowest BCUT2D eigenvalue weighted by atomic mass is 10.1. The number of pyridine rings is 1. The molecule has 4 rings (SSSR count). The van der Waals surface area contributed by atoms with E-state index in [1.807, 2.05) is 12.1 Å². The van der Waals surface area contributed by atoms with Gasteiger partial charge in [0.05, 0.1) is 11.3 Å². The van der Waals surface area contributed by atoms with Gasteiger partial charge in [-0.25, -0.2) is 13.4 Å². The Kier molecular flexibility index (Phi) is 3.14. The summed E-state index contributed by atoms with van der Waals surface area (Å²) in [5.41, 5.74) is 2.22. The standard InChI is InChI=1S/C16H12N2O3S2/c19-18-7-1-3-12-13-9-11(5-6-14(13)17-16(12)18)10-23(20,21)15-4-2-8-22-15/h1-9,19H,10H2. The number of fused-ring (bicyclic) bond motifs is 3. The normalized spacial score (nSPS) is 12.2. The third-order valence-corrected chi connectivity index (χ3v) is 6.86. The van der Waals surface area contributed by atoms with Crippen LogP contribution in [0.25, 0.3) is 22.3 Å². The number of aromatic nitrogens is 2. The Morgan fingerprint density at radius 3 is 2.83 bits per heavy atom. The second kappa shape index (κ2) is 5.07. The molecule has 2 aromatic rings. The summed E-state index contributed by atoms with van der Waals surface area (Å²) in [5.74, 6) is 0.406. The molecule has 116 valence electrons. The van der Waals surface area contributed by atoms with Gasteiger partial charge in [-0.15, -0.1) is 11.3 Å². The number of benzene rings is 1. The van der Waals surface area contributed by atoms with Crippen molar-refractivity contribution < 1.29 is 13.6 Å². The molecule has 7 heteroatoms. The van der Waals surface area contributed by atoms with E-state index >= 15 is 0 Å². The molecule has 5 nitrogen and oxygen atoms in total. The van der Waals surface area contributed by atoms with E-state index < -0.39 is 9.84 Å². The van der Waals surface area contributed by atoms with Crippen LogP contribution in [0.5, 0.6) is 0 Å². The van der Waals surface area contributed by atoms with E-state index in [2.05, 4.69) is 4.98 Å². The minimum atomic E-state index is -3.34. The van der Waals surface area contributed by atoms with Crippen LogP contribution < -0.4 is 0 Å². The Labute approximate surface area is 136 Å². The van der Waals surface area contributed by atoms with Gasteiger partial charge in [0, 0.05) is 17.1 Å². The highest BCUT2D eigenvalue weighted by Crippen LogP contribution is 2.32. The van der Waals surface area contributed by atoms with Gasteiger partial charge in [0.1, 0.15) is 4.21 Å². The molecule has 0 radical (unpaired) electrons. The first-order valence-corrected chi connectivity index (χ1v) is 9.43. The summed E-state index contributed by atoms with van der Waals surface area (Å²) in [7, 11) is -3.34. The number of hydrogen-bond donors (Lipinski definition) is 1. The van der Waals surface area contributed by atoms with Gasteiger partial charge < -0.3 is 5.21 Å². The fraction of sp³-hybridized carbons (Fsp3) is 0.0625. The molecular formula is C16H12N2O3S2. The van der Waals surface area contributed by atoms with Gasteiger partial charge in [-0.2, -0.15) is 4.73 Å². The predicted octanol–water partition coefficient (Wildman–Crippen LogP) is 3.41. The zero-order valence-corrected chi connectivity index (χ0v) is 13.5. The Morgan fingerprint density at radius 2 is 2.04 bits per heavy atom. The first kappa shape index (κ1) is 14.2. The van der Waals surface area contributed by atoms with Gasteiger partial charge in [-0.3, -0.25) is 0 Å². The largest absolute Gasteiger partial charge is 0.427 e. The van der Waals surface area contributed by atoms with Crippen molar-refractivity contribution in [3.63, 3.8) is 0 Å². The number of rotatable bonds is 3. The summed E-state index contributed by atoms with van der Waals surface area (Å²) >= 11 is 1.22. The maximum absolute atomic E-state index is 12.4. The van der Waals surface area contributed by atoms with E-state index in [9.17, 15) is 13.6 Å². The fourth-order valence-corrected chi connectivity index (χ4v) is 5.07. The van der Waals surface area contributed by atoms with E-state index in [-0.39, 0.29) is 5.75 Å². The summed E-state index contributed by atoms with van der Waals surface area (Å²) in [4.78, 5) is 4.37. The van der Waals surface area contributed by atoms with Crippen molar-refractivity contribution >= 4 is 32.1 Å². The third kappa shape index (κ3) is 2.38. The molecule has 0 aliphatic carbocycles. The highest BCUT2D eigenvalue weighted by Gasteiger charge is 2.19. The van der Waals surface area contributed by atoms with E-state index in [0.29, 0.717) is 15.6 Å². The summed E-state index contributed by atoms with van der Waals surface area (Å²) in [5, 5.41) is 12.4. The smallest absolute Gasteiger partial charge is 0.191 e. The molecule has 0 saturated heterocycles. The maximum Gasteiger partial charge on any atom is 0.191 e. The molecule has 1 aromatic carbocycles. The quantitative estimate of drug-likeness (QED) is 0.578. The lowest BCUT2D eigenvalue weighted by Crippen LogP contribution is -2.02. The Morgan fingerprint density at radius 1 is 1.17 bits per heavy atom. The van der Waals surface area contributed by atoms with Crippen LogP contribution in [0, 0.1) is 0 Å². The lowest BCUT2D eigenvalue weighted by molar-refractivity contribution is 0.187. The van der Waals surface area contributed by atoms with Crippen LogP contribution in [0.2, 0.25) is 0 Å². The zero-order chi connectivity index (χ0) is 16.0. The van der Waals surface area contributed by atoms with Crippen molar-refractivity contribution in [3.05, 3.63) is 59.6 Å². The summed E-state index contributed by atoms with van der Waals surface area (Å²) in [6, 6.07) is 12.3. The average Bonchev–Trinajstić information content (AvgIpc) is 3.15. The average molecular weight is 344 g/mol. The molecule has 1 N–H and O–H groups in total. The molecule has 0 bridgehead atoms. The molecule has 3 heterocycles. The van der Waals surface area contributed by atoms with Gasteiger partial charge in [-0.05, 0) is 41.3 Å². The van der Waals surface area contributed by atoms with Crippen molar-refractivity contribution in [1.29, 1.82) is 0 Å². The van der Waals surface area contributed by atoms with Crippen LogP contribution in [0.15, 0.2) is 58.3 Å². The first-order chi connectivity index (χ1) is 11.0. The molecule has 23 heavy (non-hydrogen) atoms. The molecule has 0 spiro atoms. The van der Waals surface area contributed by atoms with Gasteiger partial charge in [-0.1, -0.05) is 12.1 Å². The van der Waals surface area contributed by atoms with Crippen molar-refractivity contribution in [2.75, 3.05) is 0 Å². The van der Waals surface area contributed by atoms with Gasteiger partial charge in [0.25, 0.3) is 0 Å². The van der Waals surface area contributed by atoms with Crippen LogP contribution in [0.1, 0.15) is 5.56 Å². The van der Waals surface area contributed by atoms with Crippen molar-refractivity contribution in [1.82, 2.24) is 9.71 Å². The Bertz CT molecular complexity index is 1070. The molecule has 0 atom stereocenters. The van der Waals surface area contributed by atoms with Gasteiger partial charge >= 0.3 is 0 Å². The van der Waals surface area contributed by atoms with Crippen LogP contribution in [-0.2, 0) is 15.6 Å². The first-order valence-electron chi connectivity index (χ1n) is 6.90. The topological polar surface area (TPSA) is 72.2 Å². The van der Waals surface area contributed by atoms with Crippen LogP contribution in [0.3, 0.4) is 0 Å². The highest BCUT2D eigenvalue weighted by molar-refractivity contribution is 7.92. The van der Waals surface area contributed by atoms with Crippen molar-refractivity contribution in [2.45, 2.75) is 9.96 Å². The van der Waals surface area contributed by atoms with Crippen molar-refractivity contribution in [3.8, 4) is 11.4 Å². The molecular weight excluding hydrogens is 332 g/mol. The third-order valence-electron chi connectivity index (χ3n) is 3.68. The monoisotopic (exact) mass is 344 g/mol. The fourth-order valence-electron chi connectivity index (χ4n) is 2.64. The van der Waals surface area contributed by atoms with E-state index in [4.69, 9.17) is 0 Å². The van der Waals surface area contributed by atoms with Gasteiger partial charge in [0.15, 0.2) is 15.7 Å². The minimum Gasteiger partial charge on any atom is -0.427 e. The molecule has 1 aromatic heterocycles. The van der Waals surface area contributed by atoms with Crippen LogP contribution >= 0.6 is 11.3 Å². The van der Waals surface area contributed by atoms with Crippen LogP contribution in [-0.4, -0.2) is 23.3 Å². The van der Waals surface area contributed by atoms with Crippen molar-refractivity contribution in [2.24, 2.45) is 0 Å². The summed E-state index contributed by atoms with van der Waals surface area (Å²) < 4.78 is 26.2. The zero-order valence-electron chi connectivity index (χ0n) is 11.9. The molecule has 2 aliphatic heterocycles. The maximum atomic E-state index is 12.4. The van der Waals surface area contributed by atoms with E-state index in [0.717, 1.165) is 21.2 Å². The van der Waals surface area contributed by atoms with E-state index in [1.165, 1.54) is 17.5 Å². The number of hydrogen-bond acceptors (Lipinski definition) is 5. The molecule has 0 saturated carbocycles. The van der Waals surface area contributed by atoms with Crippen LogP contribution in [0.4, 0.5) is 0 Å². The Balaban J connectivity index is 1.80. The number of nitrogens with zero attached hydrogens (tertiary/aromatic N) is 2. The number of thiophene rings is 1. The van der Waals surface area contributed by atoms with Gasteiger partial charge in [0.2, 0.25) is 0 Å². The summed E-state index contributed by atoms with van der Waals surface area (Å²) in [6.45, 7) is 0. The molecule has 0 unspecified atom stereocenters. The SMILES string of the molecule is O=S(=O)(Cc1ccc2nc3n(O)cccc-3c2c1)c1cccs1. The van der Waals surface area contributed by atoms with E-state index in [1.54, 1.807) is 35.7 Å². The minimum absolute atomic E-state index is 0.0535. The molecule has 2 aliphatic rings. The Hall–Kier alpha value is -2.38. The second-order valence-corrected chi connectivity index (χ2v) is 8.41. The molecule has 0 amide bonds. The lowest BCUT2D eigenvalue weighted by Gasteiger charge is -2.04. The second-order valence-electron chi connectivity index (χ2n) is 5.24. The predicted molar refractivity (Wildman–Crippen MR) is 88.7 cm³/mol. The highest BCUT2D eigenvalue weighted by atomic mass is 32.2. The summed E-state index contributed by atoms with van der Waals surface area (Å²) in [6.07, 6.45) is 1.51.